The van der Waals surface area contributed by atoms with Crippen molar-refractivity contribution in [2.75, 3.05) is 0 Å². The van der Waals surface area contributed by atoms with E-state index < -0.39 is 0 Å². The number of hydrogen-bond donors (Lipinski definition) is 0. The van der Waals surface area contributed by atoms with E-state index in [4.69, 9.17) is 0 Å². The first-order valence-electron chi connectivity index (χ1n) is 3.98. The first kappa shape index (κ1) is 7.62. The van der Waals surface area contributed by atoms with Gasteiger partial charge in [0.25, 0.3) is 0 Å². The van der Waals surface area contributed by atoms with Crippen LogP contribution in [-0.2, 0) is 0 Å². The molecule has 0 aliphatic heterocycles. The van der Waals surface area contributed by atoms with Crippen LogP contribution in [0, 0.1) is 13.8 Å². The Bertz CT molecular complexity index is 351. The van der Waals surface area contributed by atoms with Gasteiger partial charge in [-0.15, -0.1) is 11.3 Å². The molecular formula is C10H11NS. The van der Waals surface area contributed by atoms with Crippen molar-refractivity contribution >= 4 is 11.3 Å². The number of hydrogen-bond acceptors (Lipinski definition) is 1. The van der Waals surface area contributed by atoms with Crippen LogP contribution >= 0.6 is 11.3 Å². The molecule has 2 rings (SSSR count). The van der Waals surface area contributed by atoms with Gasteiger partial charge in [-0.3, -0.25) is 0 Å². The topological polar surface area (TPSA) is 4.93 Å². The van der Waals surface area contributed by atoms with E-state index in [1.807, 2.05) is 0 Å². The van der Waals surface area contributed by atoms with Crippen LogP contribution in [0.4, 0.5) is 0 Å². The molecule has 62 valence electrons. The zero-order valence-corrected chi connectivity index (χ0v) is 8.06. The quantitative estimate of drug-likeness (QED) is 0.630. The lowest BCUT2D eigenvalue weighted by Gasteiger charge is -2.04. The molecule has 2 aromatic rings. The Morgan fingerprint density at radius 3 is 2.25 bits per heavy atom. The van der Waals surface area contributed by atoms with Crippen LogP contribution in [-0.4, -0.2) is 4.57 Å². The molecule has 0 aliphatic carbocycles. The second-order valence-corrected chi connectivity index (χ2v) is 3.83. The first-order valence-corrected chi connectivity index (χ1v) is 4.86. The van der Waals surface area contributed by atoms with Crippen LogP contribution in [0.3, 0.4) is 0 Å². The zero-order valence-electron chi connectivity index (χ0n) is 7.24. The summed E-state index contributed by atoms with van der Waals surface area (Å²) in [6, 6.07) is 8.52. The number of aromatic nitrogens is 1. The lowest BCUT2D eigenvalue weighted by molar-refractivity contribution is 0.986. The van der Waals surface area contributed by atoms with Gasteiger partial charge >= 0.3 is 0 Å². The largest absolute Gasteiger partial charge is 0.310 e. The van der Waals surface area contributed by atoms with Gasteiger partial charge in [0.1, 0.15) is 0 Å². The third-order valence-corrected chi connectivity index (χ3v) is 2.85. The van der Waals surface area contributed by atoms with Gasteiger partial charge in [-0.05, 0) is 43.5 Å². The number of rotatable bonds is 1. The van der Waals surface area contributed by atoms with Gasteiger partial charge in [0, 0.05) is 11.4 Å². The molecular weight excluding hydrogens is 166 g/mol. The molecule has 2 heterocycles. The Labute approximate surface area is 76.3 Å². The van der Waals surface area contributed by atoms with Gasteiger partial charge in [-0.25, -0.2) is 0 Å². The highest BCUT2D eigenvalue weighted by molar-refractivity contribution is 7.12. The highest BCUT2D eigenvalue weighted by Crippen LogP contribution is 2.20. The summed E-state index contributed by atoms with van der Waals surface area (Å²) in [5, 5.41) is 3.41. The SMILES string of the molecule is Cc1ccc(C)n1-c1cccs1. The minimum Gasteiger partial charge on any atom is -0.310 e. The molecule has 0 unspecified atom stereocenters. The molecule has 2 heteroatoms. The summed E-state index contributed by atoms with van der Waals surface area (Å²) in [4.78, 5) is 0. The summed E-state index contributed by atoms with van der Waals surface area (Å²) in [7, 11) is 0. The van der Waals surface area contributed by atoms with Crippen molar-refractivity contribution in [2.45, 2.75) is 13.8 Å². The molecule has 0 spiro atoms. The van der Waals surface area contributed by atoms with E-state index in [9.17, 15) is 0 Å². The fourth-order valence-corrected chi connectivity index (χ4v) is 2.26. The van der Waals surface area contributed by atoms with E-state index in [0.29, 0.717) is 0 Å². The minimum absolute atomic E-state index is 1.30. The summed E-state index contributed by atoms with van der Waals surface area (Å²) in [5.41, 5.74) is 2.60. The molecule has 0 amide bonds. The molecule has 12 heavy (non-hydrogen) atoms. The zero-order chi connectivity index (χ0) is 8.55. The summed E-state index contributed by atoms with van der Waals surface area (Å²) in [6.07, 6.45) is 0. The smallest absolute Gasteiger partial charge is 0.0994 e. The van der Waals surface area contributed by atoms with Crippen molar-refractivity contribution in [1.29, 1.82) is 0 Å². The fourth-order valence-electron chi connectivity index (χ4n) is 1.41. The molecule has 0 aliphatic rings. The van der Waals surface area contributed by atoms with Crippen molar-refractivity contribution in [3.05, 3.63) is 41.0 Å². The summed E-state index contributed by atoms with van der Waals surface area (Å²) in [6.45, 7) is 4.26. The van der Waals surface area contributed by atoms with E-state index in [-0.39, 0.29) is 0 Å². The number of aryl methyl sites for hydroxylation is 2. The second kappa shape index (κ2) is 2.79. The van der Waals surface area contributed by atoms with Crippen LogP contribution in [0.25, 0.3) is 5.00 Å². The Morgan fingerprint density at radius 2 is 1.75 bits per heavy atom. The highest BCUT2D eigenvalue weighted by Gasteiger charge is 2.02. The van der Waals surface area contributed by atoms with E-state index in [1.54, 1.807) is 11.3 Å². The summed E-state index contributed by atoms with van der Waals surface area (Å²) >= 11 is 1.77. The summed E-state index contributed by atoms with van der Waals surface area (Å²) in [5.74, 6) is 0. The second-order valence-electron chi connectivity index (χ2n) is 2.90. The van der Waals surface area contributed by atoms with Gasteiger partial charge in [0.15, 0.2) is 0 Å². The van der Waals surface area contributed by atoms with Crippen molar-refractivity contribution in [3.63, 3.8) is 0 Å². The Morgan fingerprint density at radius 1 is 1.08 bits per heavy atom. The van der Waals surface area contributed by atoms with Crippen molar-refractivity contribution in [3.8, 4) is 5.00 Å². The maximum Gasteiger partial charge on any atom is 0.0994 e. The van der Waals surface area contributed by atoms with Crippen molar-refractivity contribution in [2.24, 2.45) is 0 Å². The minimum atomic E-state index is 1.30. The summed E-state index contributed by atoms with van der Waals surface area (Å²) < 4.78 is 2.27. The van der Waals surface area contributed by atoms with Crippen molar-refractivity contribution in [1.82, 2.24) is 4.57 Å². The average Bonchev–Trinajstić information content (AvgIpc) is 2.61. The maximum absolute atomic E-state index is 2.27. The first-order chi connectivity index (χ1) is 5.79. The maximum atomic E-state index is 2.27. The predicted molar refractivity (Wildman–Crippen MR) is 53.1 cm³/mol. The molecule has 1 nitrogen and oxygen atoms in total. The van der Waals surface area contributed by atoms with Crippen LogP contribution < -0.4 is 0 Å². The van der Waals surface area contributed by atoms with Crippen molar-refractivity contribution < 1.29 is 0 Å². The van der Waals surface area contributed by atoms with E-state index in [1.165, 1.54) is 16.4 Å². The standard InChI is InChI=1S/C10H11NS/c1-8-5-6-9(2)11(8)10-4-3-7-12-10/h3-7H,1-2H3. The third kappa shape index (κ3) is 1.08. The van der Waals surface area contributed by atoms with Crippen LogP contribution in [0.15, 0.2) is 29.6 Å². The average molecular weight is 177 g/mol. The molecule has 0 N–H and O–H groups in total. The van der Waals surface area contributed by atoms with Gasteiger partial charge in [0.2, 0.25) is 0 Å². The molecule has 0 bridgehead atoms. The van der Waals surface area contributed by atoms with Gasteiger partial charge in [-0.2, -0.15) is 0 Å². The highest BCUT2D eigenvalue weighted by atomic mass is 32.1. The van der Waals surface area contributed by atoms with Gasteiger partial charge in [0.05, 0.1) is 5.00 Å². The van der Waals surface area contributed by atoms with Crippen LogP contribution in [0.2, 0.25) is 0 Å². The molecule has 0 fully saturated rings. The number of nitrogens with zero attached hydrogens (tertiary/aromatic N) is 1. The van der Waals surface area contributed by atoms with Crippen LogP contribution in [0.5, 0.6) is 0 Å². The molecule has 0 atom stereocenters. The monoisotopic (exact) mass is 177 g/mol. The van der Waals surface area contributed by atoms with Crippen LogP contribution in [0.1, 0.15) is 11.4 Å². The molecule has 0 radical (unpaired) electrons. The number of thiophene rings is 1. The lowest BCUT2D eigenvalue weighted by atomic mass is 10.5. The Balaban J connectivity index is 2.60. The van der Waals surface area contributed by atoms with E-state index >= 15 is 0 Å². The molecule has 0 saturated carbocycles. The third-order valence-electron chi connectivity index (χ3n) is 2.00. The normalized spacial score (nSPS) is 10.5. The van der Waals surface area contributed by atoms with E-state index in [2.05, 4.69) is 48.1 Å². The van der Waals surface area contributed by atoms with E-state index in [0.717, 1.165) is 0 Å². The Hall–Kier alpha value is -1.02. The lowest BCUT2D eigenvalue weighted by Crippen LogP contribution is -1.94. The molecule has 2 aromatic heterocycles. The fraction of sp³-hybridized carbons (Fsp3) is 0.200. The molecule has 0 saturated heterocycles. The van der Waals surface area contributed by atoms with Gasteiger partial charge < -0.3 is 4.57 Å². The van der Waals surface area contributed by atoms with Gasteiger partial charge in [-0.1, -0.05) is 0 Å². The Kier molecular flexibility index (Phi) is 1.77. The predicted octanol–water partition coefficient (Wildman–Crippen LogP) is 3.16. The molecule has 0 aromatic carbocycles.